The van der Waals surface area contributed by atoms with Crippen molar-refractivity contribution in [3.8, 4) is 0 Å². The van der Waals surface area contributed by atoms with E-state index < -0.39 is 0 Å². The summed E-state index contributed by atoms with van der Waals surface area (Å²) in [6.45, 7) is 43.1. The van der Waals surface area contributed by atoms with Gasteiger partial charge in [0.05, 0.1) is 0 Å². The quantitative estimate of drug-likeness (QED) is 0.126. The Hall–Kier alpha value is 1.77. The fourth-order valence-corrected chi connectivity index (χ4v) is 17.4. The molecular weight excluding hydrogens is 605 g/mol. The van der Waals surface area contributed by atoms with Gasteiger partial charge in [-0.15, -0.1) is 17.0 Å². The van der Waals surface area contributed by atoms with Crippen LogP contribution in [-0.2, 0) is 0 Å². The Morgan fingerprint density at radius 3 is 0.375 bits per heavy atom. The van der Waals surface area contributed by atoms with E-state index in [1.165, 1.54) is 57.8 Å². The van der Waals surface area contributed by atoms with E-state index in [1.54, 1.807) is 0 Å². The second kappa shape index (κ2) is 29.5. The van der Waals surface area contributed by atoms with Crippen LogP contribution in [0.15, 0.2) is 0 Å². The van der Waals surface area contributed by atoms with E-state index in [0.717, 1.165) is 50.9 Å². The van der Waals surface area contributed by atoms with Crippen molar-refractivity contribution in [3.05, 3.63) is 0 Å². The predicted octanol–water partition coefficient (Wildman–Crippen LogP) is 15.2. The number of hydrogen-bond acceptors (Lipinski definition) is 0. The maximum absolute atomic E-state index is 2.45. The first-order chi connectivity index (χ1) is 18.2. The van der Waals surface area contributed by atoms with Crippen LogP contribution in [-0.4, -0.2) is 50.9 Å². The van der Waals surface area contributed by atoms with Crippen molar-refractivity contribution in [2.45, 2.75) is 233 Å². The van der Waals surface area contributed by atoms with Gasteiger partial charge in [-0.05, 0) is 109 Å². The Balaban J connectivity index is -0.000000240. The third-order valence-electron chi connectivity index (χ3n) is 9.90. The molecule has 0 saturated carbocycles. The molecule has 0 amide bonds. The minimum Gasteiger partial charge on any atom is -0.114 e. The molecule has 0 saturated heterocycles. The van der Waals surface area contributed by atoms with Crippen LogP contribution in [0.5, 0.6) is 0 Å². The van der Waals surface area contributed by atoms with E-state index in [-0.39, 0.29) is 40.7 Å². The normalized spacial score (nSPS) is 20.2. The average molecular weight is 688 g/mol. The first-order valence-electron chi connectivity index (χ1n) is 17.6. The molecule has 0 nitrogen and oxygen atoms in total. The highest BCUT2D eigenvalue weighted by Crippen LogP contribution is 2.55. The highest BCUT2D eigenvalue weighted by atomic mass is 79.9. The second-order valence-corrected chi connectivity index (χ2v) is 23.3. The summed E-state index contributed by atoms with van der Waals surface area (Å²) in [5, 5.41) is 0. The monoisotopic (exact) mass is 686 g/mol. The molecule has 0 bridgehead atoms. The predicted molar refractivity (Wildman–Crippen MR) is 209 cm³/mol. The highest BCUT2D eigenvalue weighted by molar-refractivity contribution is 8.93. The van der Waals surface area contributed by atoms with Gasteiger partial charge in [0, 0.05) is 0 Å². The van der Waals surface area contributed by atoms with E-state index in [4.69, 9.17) is 0 Å². The maximum Gasteiger partial charge on any atom is -0.0235 e. The van der Waals surface area contributed by atoms with Gasteiger partial charge in [0.2, 0.25) is 0 Å². The number of rotatable bonds is 18. The molecule has 0 radical (unpaired) electrons. The summed E-state index contributed by atoms with van der Waals surface area (Å²) in [4.78, 5) is 0. The van der Waals surface area contributed by atoms with Crippen molar-refractivity contribution in [1.29, 1.82) is 0 Å². The molecule has 9 atom stereocenters. The van der Waals surface area contributed by atoms with Crippen molar-refractivity contribution in [2.24, 2.45) is 0 Å². The maximum atomic E-state index is 2.45. The molecule has 0 spiro atoms. The molecule has 4 heteroatoms. The van der Waals surface area contributed by atoms with Crippen LogP contribution < -0.4 is 0 Å². The number of hydrogen-bond donors (Lipinski definition) is 0. The Kier molecular flexibility index (Phi) is 35.9. The molecule has 0 aliphatic heterocycles. The van der Waals surface area contributed by atoms with Crippen LogP contribution in [0.4, 0.5) is 0 Å². The van der Waals surface area contributed by atoms with Gasteiger partial charge in [-0.2, -0.15) is 0 Å². The van der Waals surface area contributed by atoms with Gasteiger partial charge in [0.25, 0.3) is 0 Å². The van der Waals surface area contributed by atoms with Crippen molar-refractivity contribution < 1.29 is 0 Å². The summed E-state index contributed by atoms with van der Waals surface area (Å²) >= 11 is 0. The second-order valence-electron chi connectivity index (χ2n) is 12.7. The standard InChI is InChI=1S/3C12H27P.BrH/c3*1-7-10(4)13(11(5)8-2)12(6)9-3;/h3*10-12H,7-9H2,1-6H3;1H. The van der Waals surface area contributed by atoms with Crippen molar-refractivity contribution in [1.82, 2.24) is 0 Å². The highest BCUT2D eigenvalue weighted by Gasteiger charge is 2.26. The average Bonchev–Trinajstić information content (AvgIpc) is 2.96. The van der Waals surface area contributed by atoms with Crippen LogP contribution in [0, 0.1) is 0 Å². The minimum absolute atomic E-state index is 0. The van der Waals surface area contributed by atoms with Crippen molar-refractivity contribution in [3.63, 3.8) is 0 Å². The van der Waals surface area contributed by atoms with E-state index >= 15 is 0 Å². The summed E-state index contributed by atoms with van der Waals surface area (Å²) in [6.07, 6.45) is 12.3. The first-order valence-corrected chi connectivity index (χ1v) is 22.2. The van der Waals surface area contributed by atoms with Gasteiger partial charge in [-0.1, -0.05) is 148 Å². The third kappa shape index (κ3) is 19.2. The molecule has 0 fully saturated rings. The molecule has 248 valence electrons. The van der Waals surface area contributed by atoms with Gasteiger partial charge >= 0.3 is 0 Å². The van der Waals surface area contributed by atoms with Crippen LogP contribution in [0.2, 0.25) is 0 Å². The molecule has 0 rings (SSSR count). The summed E-state index contributed by atoms with van der Waals surface area (Å²) < 4.78 is 0. The Labute approximate surface area is 273 Å². The van der Waals surface area contributed by atoms with Crippen molar-refractivity contribution in [2.75, 3.05) is 0 Å². The molecule has 0 aliphatic carbocycles. The summed E-state index contributed by atoms with van der Waals surface area (Å²) in [5.74, 6) is 0. The summed E-state index contributed by atoms with van der Waals surface area (Å²) in [7, 11) is 0.766. The van der Waals surface area contributed by atoms with Gasteiger partial charge in [-0.3, -0.25) is 0 Å². The summed E-state index contributed by atoms with van der Waals surface area (Å²) in [6, 6.07) is 0. The molecule has 9 unspecified atom stereocenters. The fourth-order valence-electron chi connectivity index (χ4n) is 5.81. The zero-order chi connectivity index (χ0) is 31.3. The molecule has 40 heavy (non-hydrogen) atoms. The first kappa shape index (κ1) is 48.7. The molecule has 0 N–H and O–H groups in total. The largest absolute Gasteiger partial charge is 0.114 e. The molecule has 0 aromatic heterocycles. The smallest absolute Gasteiger partial charge is 0.0235 e. The van der Waals surface area contributed by atoms with Crippen LogP contribution in [0.1, 0.15) is 182 Å². The third-order valence-corrected chi connectivity index (χ3v) is 22.3. The van der Waals surface area contributed by atoms with E-state index in [0.29, 0.717) is 0 Å². The Bertz CT molecular complexity index is 374. The van der Waals surface area contributed by atoms with Crippen molar-refractivity contribution >= 4 is 40.7 Å². The lowest BCUT2D eigenvalue weighted by Gasteiger charge is -2.34. The SMILES string of the molecule is Br.CCC(C)P(C(C)CC)C(C)CC.CCC(C)P(C(C)CC)C(C)CC.CCC(C)P(C(C)CC)C(C)CC. The molecule has 0 aromatic rings. The molecule has 0 aliphatic rings. The Morgan fingerprint density at radius 1 is 0.250 bits per heavy atom. The minimum atomic E-state index is 0. The lowest BCUT2D eigenvalue weighted by atomic mass is 10.3. The lowest BCUT2D eigenvalue weighted by Crippen LogP contribution is -2.16. The van der Waals surface area contributed by atoms with Crippen LogP contribution >= 0.6 is 40.7 Å². The molecule has 0 heterocycles. The van der Waals surface area contributed by atoms with Gasteiger partial charge < -0.3 is 0 Å². The Morgan fingerprint density at radius 2 is 0.325 bits per heavy atom. The summed E-state index contributed by atoms with van der Waals surface area (Å²) in [5.41, 5.74) is 8.62. The topological polar surface area (TPSA) is 0 Å². The van der Waals surface area contributed by atoms with E-state index in [2.05, 4.69) is 125 Å². The van der Waals surface area contributed by atoms with E-state index in [9.17, 15) is 0 Å². The zero-order valence-electron chi connectivity index (χ0n) is 31.3. The lowest BCUT2D eigenvalue weighted by molar-refractivity contribution is 0.784. The fraction of sp³-hybridized carbons (Fsp3) is 1.00. The van der Waals surface area contributed by atoms with Gasteiger partial charge in [0.1, 0.15) is 0 Å². The van der Waals surface area contributed by atoms with Gasteiger partial charge in [-0.25, -0.2) is 0 Å². The van der Waals surface area contributed by atoms with E-state index in [1.807, 2.05) is 0 Å². The molecular formula is C36H82BrP3. The molecule has 0 aromatic carbocycles. The van der Waals surface area contributed by atoms with Crippen LogP contribution in [0.3, 0.4) is 0 Å². The number of halogens is 1. The zero-order valence-corrected chi connectivity index (χ0v) is 35.7. The van der Waals surface area contributed by atoms with Gasteiger partial charge in [0.15, 0.2) is 0 Å². The van der Waals surface area contributed by atoms with Crippen LogP contribution in [0.25, 0.3) is 0 Å².